The first-order valence-electron chi connectivity index (χ1n) is 9.71. The maximum absolute atomic E-state index is 12.2. The van der Waals surface area contributed by atoms with Crippen LogP contribution in [0.25, 0.3) is 0 Å². The highest BCUT2D eigenvalue weighted by Crippen LogP contribution is 2.25. The van der Waals surface area contributed by atoms with Crippen LogP contribution in [0.5, 0.6) is 0 Å². The fourth-order valence-electron chi connectivity index (χ4n) is 3.18. The van der Waals surface area contributed by atoms with Gasteiger partial charge in [0.15, 0.2) is 5.96 Å². The Morgan fingerprint density at radius 3 is 2.71 bits per heavy atom. The Balaban J connectivity index is 2.03. The Labute approximate surface area is 175 Å². The van der Waals surface area contributed by atoms with Gasteiger partial charge in [-0.15, -0.1) is 11.3 Å². The van der Waals surface area contributed by atoms with Crippen molar-refractivity contribution in [2.24, 2.45) is 4.99 Å². The van der Waals surface area contributed by atoms with Crippen molar-refractivity contribution in [3.63, 3.8) is 0 Å². The Morgan fingerprint density at radius 1 is 1.32 bits per heavy atom. The Hall–Kier alpha value is -0.970. The molecule has 28 heavy (non-hydrogen) atoms. The molecule has 7 nitrogen and oxygen atoms in total. The summed E-state index contributed by atoms with van der Waals surface area (Å²) >= 11 is 1.25. The van der Waals surface area contributed by atoms with Crippen molar-refractivity contribution in [2.45, 2.75) is 61.6 Å². The van der Waals surface area contributed by atoms with Crippen LogP contribution in [0.4, 0.5) is 0 Å². The van der Waals surface area contributed by atoms with E-state index in [4.69, 9.17) is 0 Å². The van der Waals surface area contributed by atoms with E-state index in [0.29, 0.717) is 16.5 Å². The standard InChI is InChI=1S/C18H32N4O3S3/c1-5-19-18(21-14-8-7-9-16(12-14)27(23)6-2)20-13-15-10-11-17(26-15)28(24,25)22(3)4/h10-11,14,16H,5-9,12-13H2,1-4H3,(H2,19,20,21). The minimum atomic E-state index is -3.40. The van der Waals surface area contributed by atoms with Crippen LogP contribution in [0.3, 0.4) is 0 Å². The predicted molar refractivity (Wildman–Crippen MR) is 118 cm³/mol. The molecule has 1 fully saturated rings. The smallest absolute Gasteiger partial charge is 0.252 e. The highest BCUT2D eigenvalue weighted by molar-refractivity contribution is 7.91. The average Bonchev–Trinajstić information content (AvgIpc) is 3.15. The summed E-state index contributed by atoms with van der Waals surface area (Å²) in [5.74, 6) is 1.43. The van der Waals surface area contributed by atoms with Gasteiger partial charge in [-0.2, -0.15) is 0 Å². The number of nitrogens with one attached hydrogen (secondary N) is 2. The molecule has 2 N–H and O–H groups in total. The third-order valence-corrected chi connectivity index (χ3v) is 9.83. The molecule has 2 rings (SSSR count). The molecular formula is C18H32N4O3S3. The van der Waals surface area contributed by atoms with E-state index in [9.17, 15) is 12.6 Å². The van der Waals surface area contributed by atoms with Crippen LogP contribution in [0, 0.1) is 0 Å². The lowest BCUT2D eigenvalue weighted by molar-refractivity contribution is 0.413. The van der Waals surface area contributed by atoms with Gasteiger partial charge in [-0.25, -0.2) is 17.7 Å². The summed E-state index contributed by atoms with van der Waals surface area (Å²) in [4.78, 5) is 5.52. The zero-order chi connectivity index (χ0) is 20.7. The molecule has 3 unspecified atom stereocenters. The molecule has 1 heterocycles. The quantitative estimate of drug-likeness (QED) is 0.470. The van der Waals surface area contributed by atoms with Crippen LogP contribution in [-0.4, -0.2) is 60.6 Å². The van der Waals surface area contributed by atoms with Crippen molar-refractivity contribution in [2.75, 3.05) is 26.4 Å². The van der Waals surface area contributed by atoms with Gasteiger partial charge in [0, 0.05) is 53.4 Å². The van der Waals surface area contributed by atoms with E-state index in [2.05, 4.69) is 15.6 Å². The molecule has 160 valence electrons. The summed E-state index contributed by atoms with van der Waals surface area (Å²) in [6, 6.07) is 3.71. The molecule has 1 aromatic rings. The minimum absolute atomic E-state index is 0.259. The van der Waals surface area contributed by atoms with E-state index in [1.165, 1.54) is 29.7 Å². The SMILES string of the molecule is CCNC(=NCc1ccc(S(=O)(=O)N(C)C)s1)NC1CCCC(S(=O)CC)C1. The molecule has 0 aromatic carbocycles. The molecular weight excluding hydrogens is 416 g/mol. The molecule has 0 aliphatic heterocycles. The zero-order valence-electron chi connectivity index (χ0n) is 17.1. The number of nitrogens with zero attached hydrogens (tertiary/aromatic N) is 2. The van der Waals surface area contributed by atoms with Crippen molar-refractivity contribution in [1.29, 1.82) is 0 Å². The van der Waals surface area contributed by atoms with Crippen molar-refractivity contribution in [3.8, 4) is 0 Å². The summed E-state index contributed by atoms with van der Waals surface area (Å²) in [7, 11) is -1.09. The largest absolute Gasteiger partial charge is 0.357 e. The van der Waals surface area contributed by atoms with Crippen LogP contribution in [0.15, 0.2) is 21.3 Å². The van der Waals surface area contributed by atoms with Gasteiger partial charge in [0.1, 0.15) is 4.21 Å². The molecule has 0 spiro atoms. The van der Waals surface area contributed by atoms with Crippen LogP contribution in [0.1, 0.15) is 44.4 Å². The topological polar surface area (TPSA) is 90.9 Å². The van der Waals surface area contributed by atoms with Crippen LogP contribution >= 0.6 is 11.3 Å². The molecule has 1 aromatic heterocycles. The zero-order valence-corrected chi connectivity index (χ0v) is 19.6. The summed E-state index contributed by atoms with van der Waals surface area (Å²) in [6.07, 6.45) is 4.05. The second kappa shape index (κ2) is 10.7. The van der Waals surface area contributed by atoms with E-state index in [1.807, 2.05) is 19.9 Å². The van der Waals surface area contributed by atoms with Gasteiger partial charge in [0.05, 0.1) is 6.54 Å². The van der Waals surface area contributed by atoms with Crippen molar-refractivity contribution in [1.82, 2.24) is 14.9 Å². The van der Waals surface area contributed by atoms with Crippen LogP contribution in [0.2, 0.25) is 0 Å². The number of thiophene rings is 1. The van der Waals surface area contributed by atoms with Crippen LogP contribution < -0.4 is 10.6 Å². The molecule has 0 amide bonds. The van der Waals surface area contributed by atoms with E-state index < -0.39 is 20.8 Å². The maximum atomic E-state index is 12.2. The molecule has 1 saturated carbocycles. The van der Waals surface area contributed by atoms with Gasteiger partial charge < -0.3 is 10.6 Å². The molecule has 1 aliphatic carbocycles. The summed E-state index contributed by atoms with van der Waals surface area (Å²) in [5.41, 5.74) is 0. The monoisotopic (exact) mass is 448 g/mol. The minimum Gasteiger partial charge on any atom is -0.357 e. The molecule has 0 radical (unpaired) electrons. The van der Waals surface area contributed by atoms with Crippen molar-refractivity contribution < 1.29 is 12.6 Å². The summed E-state index contributed by atoms with van der Waals surface area (Å²) < 4.78 is 38.1. The van der Waals surface area contributed by atoms with Crippen molar-refractivity contribution >= 4 is 38.1 Å². The predicted octanol–water partition coefficient (Wildman–Crippen LogP) is 2.13. The van der Waals surface area contributed by atoms with Gasteiger partial charge >= 0.3 is 0 Å². The maximum Gasteiger partial charge on any atom is 0.252 e. The summed E-state index contributed by atoms with van der Waals surface area (Å²) in [5, 5.41) is 6.99. The highest BCUT2D eigenvalue weighted by Gasteiger charge is 2.26. The number of sulfonamides is 1. The Bertz CT molecular complexity index is 790. The fourth-order valence-corrected chi connectivity index (χ4v) is 6.98. The van der Waals surface area contributed by atoms with Gasteiger partial charge in [0.25, 0.3) is 10.0 Å². The van der Waals surface area contributed by atoms with E-state index in [1.54, 1.807) is 6.07 Å². The number of aliphatic imine (C=N–C) groups is 1. The van der Waals surface area contributed by atoms with Gasteiger partial charge in [-0.1, -0.05) is 13.3 Å². The lowest BCUT2D eigenvalue weighted by Crippen LogP contribution is -2.46. The first-order valence-corrected chi connectivity index (χ1v) is 13.3. The van der Waals surface area contributed by atoms with Gasteiger partial charge in [-0.3, -0.25) is 4.21 Å². The third kappa shape index (κ3) is 6.27. The highest BCUT2D eigenvalue weighted by atomic mass is 32.2. The first-order chi connectivity index (χ1) is 13.3. The Kier molecular flexibility index (Phi) is 8.91. The van der Waals surface area contributed by atoms with E-state index >= 15 is 0 Å². The molecule has 0 bridgehead atoms. The molecule has 0 saturated heterocycles. The number of rotatable bonds is 8. The lowest BCUT2D eigenvalue weighted by atomic mass is 9.95. The van der Waals surface area contributed by atoms with Gasteiger partial charge in [0.2, 0.25) is 0 Å². The number of guanidine groups is 1. The van der Waals surface area contributed by atoms with Gasteiger partial charge in [-0.05, 0) is 38.3 Å². The lowest BCUT2D eigenvalue weighted by Gasteiger charge is -2.30. The number of hydrogen-bond acceptors (Lipinski definition) is 5. The van der Waals surface area contributed by atoms with E-state index in [0.717, 1.165) is 43.1 Å². The molecule has 1 aliphatic rings. The third-order valence-electron chi connectivity index (χ3n) is 4.73. The van der Waals surface area contributed by atoms with Crippen LogP contribution in [-0.2, 0) is 27.4 Å². The first kappa shape index (κ1) is 23.3. The Morgan fingerprint density at radius 2 is 2.07 bits per heavy atom. The normalized spacial score (nSPS) is 22.2. The number of hydrogen-bond donors (Lipinski definition) is 2. The second-order valence-electron chi connectivity index (χ2n) is 7.00. The molecule has 10 heteroatoms. The summed E-state index contributed by atoms with van der Waals surface area (Å²) in [6.45, 7) is 5.15. The second-order valence-corrected chi connectivity index (χ2v) is 12.6. The average molecular weight is 449 g/mol. The molecule has 3 atom stereocenters. The fraction of sp³-hybridized carbons (Fsp3) is 0.722. The van der Waals surface area contributed by atoms with E-state index in [-0.39, 0.29) is 11.3 Å². The van der Waals surface area contributed by atoms with Crippen molar-refractivity contribution in [3.05, 3.63) is 17.0 Å².